The molecule has 0 aliphatic carbocycles. The topological polar surface area (TPSA) is 277 Å². The minimum atomic E-state index is -1.65. The predicted molar refractivity (Wildman–Crippen MR) is 120 cm³/mol. The van der Waals surface area contributed by atoms with E-state index >= 15 is 0 Å². The Morgan fingerprint density at radius 3 is 2.08 bits per heavy atom. The van der Waals surface area contributed by atoms with Crippen LogP contribution in [0.5, 0.6) is 0 Å². The third-order valence-electron chi connectivity index (χ3n) is 4.57. The predicted octanol–water partition coefficient (Wildman–Crippen LogP) is -5.45. The summed E-state index contributed by atoms with van der Waals surface area (Å²) >= 11 is 0. The molecule has 0 radical (unpaired) electrons. The van der Waals surface area contributed by atoms with Gasteiger partial charge in [0.2, 0.25) is 17.7 Å². The molecule has 208 valence electrons. The largest absolute Gasteiger partial charge is 0.481 e. The molecule has 0 aromatic heterocycles. The number of amides is 7. The monoisotopic (exact) mass is 533 g/mol. The SMILES string of the molecule is CC(O)C1NC(=O)N[C@@H](CC(N)=O)C(=O)NNC(=O)[C@H](CC(=O)O)NC(=O)COCCOCCNC1=O. The highest BCUT2D eigenvalue weighted by Gasteiger charge is 2.30. The van der Waals surface area contributed by atoms with Crippen molar-refractivity contribution >= 4 is 41.5 Å². The van der Waals surface area contributed by atoms with Gasteiger partial charge in [-0.2, -0.15) is 0 Å². The van der Waals surface area contributed by atoms with E-state index in [1.165, 1.54) is 6.92 Å². The zero-order valence-electron chi connectivity index (χ0n) is 19.9. The lowest BCUT2D eigenvalue weighted by Gasteiger charge is -2.23. The van der Waals surface area contributed by atoms with Crippen molar-refractivity contribution < 1.29 is 53.2 Å². The van der Waals surface area contributed by atoms with Gasteiger partial charge in [-0.05, 0) is 6.92 Å². The van der Waals surface area contributed by atoms with Crippen LogP contribution in [0.25, 0.3) is 0 Å². The van der Waals surface area contributed by atoms with E-state index in [0.29, 0.717) is 0 Å². The van der Waals surface area contributed by atoms with Crippen molar-refractivity contribution in [1.82, 2.24) is 32.1 Å². The zero-order valence-corrected chi connectivity index (χ0v) is 19.9. The number of nitrogens with two attached hydrogens (primary N) is 1. The molecule has 18 heteroatoms. The van der Waals surface area contributed by atoms with E-state index in [-0.39, 0.29) is 26.4 Å². The number of carbonyl (C=O) groups excluding carboxylic acids is 6. The molecule has 2 unspecified atom stereocenters. The van der Waals surface area contributed by atoms with Crippen LogP contribution in [0, 0.1) is 0 Å². The van der Waals surface area contributed by atoms with Gasteiger partial charge < -0.3 is 46.7 Å². The number of hydrazine groups is 1. The Kier molecular flexibility index (Phi) is 13.3. The maximum atomic E-state index is 12.5. The molecule has 7 amide bonds. The minimum absolute atomic E-state index is 0.0107. The van der Waals surface area contributed by atoms with Crippen molar-refractivity contribution in [3.8, 4) is 0 Å². The number of aliphatic hydroxyl groups is 1. The van der Waals surface area contributed by atoms with E-state index in [2.05, 4.69) is 21.3 Å². The molecule has 4 atom stereocenters. The van der Waals surface area contributed by atoms with Crippen molar-refractivity contribution in [3.05, 3.63) is 0 Å². The average molecular weight is 533 g/mol. The lowest BCUT2D eigenvalue weighted by molar-refractivity contribution is -0.141. The Morgan fingerprint density at radius 1 is 0.919 bits per heavy atom. The molecule has 1 aliphatic heterocycles. The molecule has 1 fully saturated rings. The van der Waals surface area contributed by atoms with E-state index in [4.69, 9.17) is 20.3 Å². The third kappa shape index (κ3) is 12.5. The molecule has 1 rings (SSSR count). The summed E-state index contributed by atoms with van der Waals surface area (Å²) in [6, 6.07) is -5.86. The van der Waals surface area contributed by atoms with E-state index in [9.17, 15) is 38.7 Å². The van der Waals surface area contributed by atoms with Gasteiger partial charge in [0.1, 0.15) is 24.7 Å². The molecule has 37 heavy (non-hydrogen) atoms. The summed E-state index contributed by atoms with van der Waals surface area (Å²) in [5.41, 5.74) is 8.88. The van der Waals surface area contributed by atoms with E-state index in [1.54, 1.807) is 0 Å². The summed E-state index contributed by atoms with van der Waals surface area (Å²) < 4.78 is 10.3. The van der Waals surface area contributed by atoms with Crippen LogP contribution in [0.3, 0.4) is 0 Å². The van der Waals surface area contributed by atoms with Crippen LogP contribution >= 0.6 is 0 Å². The van der Waals surface area contributed by atoms with Crippen LogP contribution in [0.1, 0.15) is 19.8 Å². The van der Waals surface area contributed by atoms with Crippen LogP contribution in [-0.2, 0) is 38.2 Å². The summed E-state index contributed by atoms with van der Waals surface area (Å²) in [5, 5.41) is 27.7. The molecule has 0 aromatic rings. The number of aliphatic carboxylic acids is 1. The van der Waals surface area contributed by atoms with Gasteiger partial charge in [0.05, 0.1) is 38.8 Å². The van der Waals surface area contributed by atoms with Gasteiger partial charge in [-0.25, -0.2) is 4.79 Å². The lowest BCUT2D eigenvalue weighted by atomic mass is 10.1. The molecular formula is C19H31N7O11. The van der Waals surface area contributed by atoms with Crippen LogP contribution < -0.4 is 37.9 Å². The molecule has 1 saturated heterocycles. The molecule has 10 N–H and O–H groups in total. The number of carboxylic acids is 1. The molecule has 18 nitrogen and oxygen atoms in total. The fourth-order valence-corrected chi connectivity index (χ4v) is 2.82. The number of hydrogen-bond donors (Lipinski definition) is 9. The maximum absolute atomic E-state index is 12.5. The fourth-order valence-electron chi connectivity index (χ4n) is 2.82. The highest BCUT2D eigenvalue weighted by atomic mass is 16.5. The summed E-state index contributed by atoms with van der Waals surface area (Å²) in [6.45, 7) is 0.670. The first-order chi connectivity index (χ1) is 17.4. The fraction of sp³-hybridized carbons (Fsp3) is 0.632. The van der Waals surface area contributed by atoms with Gasteiger partial charge in [-0.1, -0.05) is 0 Å². The second-order valence-corrected chi connectivity index (χ2v) is 7.71. The zero-order chi connectivity index (χ0) is 28.0. The summed E-state index contributed by atoms with van der Waals surface area (Å²) in [4.78, 5) is 84.1. The first kappa shape index (κ1) is 31.0. The number of urea groups is 1. The Hall–Kier alpha value is -4.03. The van der Waals surface area contributed by atoms with Crippen LogP contribution in [-0.4, -0.2) is 109 Å². The molecule has 0 spiro atoms. The Bertz CT molecular complexity index is 867. The molecule has 1 aliphatic rings. The van der Waals surface area contributed by atoms with Crippen molar-refractivity contribution in [2.45, 2.75) is 44.0 Å². The standard InChI is InChI=1S/C19H31N7O11/c1-9(27)15-18(34)21-2-3-36-4-5-37-8-13(29)22-11(7-14(30)31)17(33)26-25-16(32)10(6-12(20)28)23-19(35)24-15/h9-11,15,27H,2-8H2,1H3,(H2,20,28)(H,21,34)(H,22,29)(H,25,32)(H,26,33)(H,30,31)(H2,23,24,35)/t9?,10-,11-,15?/m0/s1. The Morgan fingerprint density at radius 2 is 1.51 bits per heavy atom. The van der Waals surface area contributed by atoms with Crippen molar-refractivity contribution in [2.24, 2.45) is 5.73 Å². The Labute approximate surface area is 210 Å². The summed E-state index contributed by atoms with van der Waals surface area (Å²) in [5.74, 6) is -6.34. The number of nitrogens with one attached hydrogen (secondary N) is 6. The summed E-state index contributed by atoms with van der Waals surface area (Å²) in [6.07, 6.45) is -2.94. The first-order valence-electron chi connectivity index (χ1n) is 11.0. The van der Waals surface area contributed by atoms with E-state index < -0.39 is 85.2 Å². The van der Waals surface area contributed by atoms with Crippen molar-refractivity contribution in [2.75, 3.05) is 33.0 Å². The van der Waals surface area contributed by atoms with Gasteiger partial charge in [0.25, 0.3) is 11.8 Å². The van der Waals surface area contributed by atoms with Crippen molar-refractivity contribution in [3.63, 3.8) is 0 Å². The Balaban J connectivity index is 3.06. The van der Waals surface area contributed by atoms with Gasteiger partial charge in [0.15, 0.2) is 0 Å². The second kappa shape index (κ2) is 15.9. The van der Waals surface area contributed by atoms with Crippen LogP contribution in [0.2, 0.25) is 0 Å². The van der Waals surface area contributed by atoms with Gasteiger partial charge in [-0.15, -0.1) is 0 Å². The second-order valence-electron chi connectivity index (χ2n) is 7.71. The number of rotatable bonds is 5. The van der Waals surface area contributed by atoms with E-state index in [0.717, 1.165) is 0 Å². The highest BCUT2D eigenvalue weighted by molar-refractivity contribution is 5.95. The number of hydrogen-bond acceptors (Lipinski definition) is 10. The minimum Gasteiger partial charge on any atom is -0.481 e. The van der Waals surface area contributed by atoms with Gasteiger partial charge >= 0.3 is 12.0 Å². The summed E-state index contributed by atoms with van der Waals surface area (Å²) in [7, 11) is 0. The van der Waals surface area contributed by atoms with E-state index in [1.807, 2.05) is 10.9 Å². The molecular weight excluding hydrogens is 502 g/mol. The van der Waals surface area contributed by atoms with Gasteiger partial charge in [-0.3, -0.25) is 39.6 Å². The quantitative estimate of drug-likeness (QED) is 0.161. The lowest BCUT2D eigenvalue weighted by Crippen LogP contribution is -2.60. The smallest absolute Gasteiger partial charge is 0.316 e. The maximum Gasteiger partial charge on any atom is 0.316 e. The average Bonchev–Trinajstić information content (AvgIpc) is 2.80. The number of carboxylic acid groups (broad SMARTS) is 1. The first-order valence-corrected chi connectivity index (χ1v) is 11.0. The van der Waals surface area contributed by atoms with Crippen LogP contribution in [0.15, 0.2) is 0 Å². The van der Waals surface area contributed by atoms with Gasteiger partial charge in [0, 0.05) is 6.54 Å². The normalized spacial score (nSPS) is 24.5. The molecule has 1 heterocycles. The third-order valence-corrected chi connectivity index (χ3v) is 4.57. The highest BCUT2D eigenvalue weighted by Crippen LogP contribution is 1.98. The molecule has 0 saturated carbocycles. The number of primary amides is 1. The molecule has 0 aromatic carbocycles. The number of ether oxygens (including phenoxy) is 2. The molecule has 0 bridgehead atoms. The van der Waals surface area contributed by atoms with Crippen molar-refractivity contribution in [1.29, 1.82) is 0 Å². The number of aliphatic hydroxyl groups excluding tert-OH is 1. The number of carbonyl (C=O) groups is 7. The van der Waals surface area contributed by atoms with Crippen LogP contribution in [0.4, 0.5) is 4.79 Å².